The Balaban J connectivity index is 3.44. The van der Waals surface area contributed by atoms with Crippen molar-refractivity contribution in [3.05, 3.63) is 0 Å². The monoisotopic (exact) mass is 377 g/mol. The van der Waals surface area contributed by atoms with Gasteiger partial charge in [-0.2, -0.15) is 5.48 Å². The fraction of sp³-hybridized carbons (Fsp3) is 0.812. The lowest BCUT2D eigenvalue weighted by Crippen LogP contribution is -2.37. The Morgan fingerprint density at radius 1 is 1.00 bits per heavy atom. The number of ether oxygens (including phenoxy) is 3. The molecule has 0 aromatic heterocycles. The van der Waals surface area contributed by atoms with Crippen molar-refractivity contribution in [2.75, 3.05) is 53.2 Å². The second-order valence-corrected chi connectivity index (χ2v) is 6.41. The molecule has 0 bridgehead atoms. The molecule has 26 heavy (non-hydrogen) atoms. The van der Waals surface area contributed by atoms with Gasteiger partial charge < -0.3 is 24.4 Å². The molecule has 10 nitrogen and oxygen atoms in total. The predicted molar refractivity (Wildman–Crippen MR) is 93.3 cm³/mol. The van der Waals surface area contributed by atoms with Crippen molar-refractivity contribution in [3.8, 4) is 0 Å². The Hall–Kier alpha value is -1.91. The molecule has 0 heterocycles. The predicted octanol–water partition coefficient (Wildman–Crippen LogP) is 0.0704. The van der Waals surface area contributed by atoms with Crippen molar-refractivity contribution in [2.45, 2.75) is 33.3 Å². The van der Waals surface area contributed by atoms with Crippen molar-refractivity contribution in [2.24, 2.45) is 0 Å². The summed E-state index contributed by atoms with van der Waals surface area (Å²) in [5, 5.41) is 2.57. The average Bonchev–Trinajstić information content (AvgIpc) is 2.51. The molecule has 0 aliphatic carbocycles. The summed E-state index contributed by atoms with van der Waals surface area (Å²) in [4.78, 5) is 40.0. The molecule has 0 aromatic rings. The number of amides is 3. The van der Waals surface area contributed by atoms with Gasteiger partial charge in [-0.3, -0.25) is 14.4 Å². The third-order valence-corrected chi connectivity index (χ3v) is 2.81. The van der Waals surface area contributed by atoms with Crippen LogP contribution >= 0.6 is 0 Å². The average molecular weight is 377 g/mol. The standard InChI is InChI=1S/C16H31N3O7/c1-13(20)19(5)7-9-24-11-10-23-8-6-17-14(21)12-25-18-15(22)26-16(2,3)4/h6-12H2,1-5H3,(H,17,21)(H,18,22). The van der Waals surface area contributed by atoms with E-state index in [0.29, 0.717) is 39.5 Å². The minimum Gasteiger partial charge on any atom is -0.442 e. The Labute approximate surface area is 154 Å². The third-order valence-electron chi connectivity index (χ3n) is 2.81. The second kappa shape index (κ2) is 13.3. The smallest absolute Gasteiger partial charge is 0.431 e. The van der Waals surface area contributed by atoms with E-state index in [4.69, 9.17) is 19.0 Å². The zero-order chi connectivity index (χ0) is 20.0. The van der Waals surface area contributed by atoms with Gasteiger partial charge in [0.1, 0.15) is 5.60 Å². The molecule has 10 heteroatoms. The van der Waals surface area contributed by atoms with Gasteiger partial charge in [0, 0.05) is 27.1 Å². The van der Waals surface area contributed by atoms with Gasteiger partial charge in [-0.25, -0.2) is 4.79 Å². The molecule has 0 atom stereocenters. The molecule has 3 amide bonds. The molecule has 0 radical (unpaired) electrons. The van der Waals surface area contributed by atoms with E-state index < -0.39 is 17.6 Å². The molecule has 0 fully saturated rings. The van der Waals surface area contributed by atoms with E-state index >= 15 is 0 Å². The molecular weight excluding hydrogens is 346 g/mol. The third kappa shape index (κ3) is 15.6. The lowest BCUT2D eigenvalue weighted by atomic mass is 10.2. The van der Waals surface area contributed by atoms with E-state index in [0.717, 1.165) is 0 Å². The number of likely N-dealkylation sites (N-methyl/N-ethyl adjacent to an activating group) is 1. The number of carbonyl (C=O) groups is 3. The van der Waals surface area contributed by atoms with E-state index in [9.17, 15) is 14.4 Å². The number of hydroxylamine groups is 1. The first-order chi connectivity index (χ1) is 12.1. The largest absolute Gasteiger partial charge is 0.442 e. The number of nitrogens with one attached hydrogen (secondary N) is 2. The minimum atomic E-state index is -0.761. The van der Waals surface area contributed by atoms with Crippen LogP contribution in [-0.2, 0) is 28.6 Å². The van der Waals surface area contributed by atoms with Crippen LogP contribution in [0.25, 0.3) is 0 Å². The minimum absolute atomic E-state index is 0.00846. The summed E-state index contributed by atoms with van der Waals surface area (Å²) >= 11 is 0. The van der Waals surface area contributed by atoms with E-state index in [2.05, 4.69) is 5.32 Å². The zero-order valence-corrected chi connectivity index (χ0v) is 16.3. The highest BCUT2D eigenvalue weighted by Gasteiger charge is 2.16. The molecule has 2 N–H and O–H groups in total. The van der Waals surface area contributed by atoms with Gasteiger partial charge in [-0.1, -0.05) is 0 Å². The summed E-state index contributed by atoms with van der Waals surface area (Å²) in [7, 11) is 1.71. The first-order valence-corrected chi connectivity index (χ1v) is 8.36. The Kier molecular flexibility index (Phi) is 12.3. The maximum Gasteiger partial charge on any atom is 0.431 e. The molecule has 0 aliphatic rings. The molecule has 0 saturated heterocycles. The molecule has 152 valence electrons. The molecule has 0 spiro atoms. The maximum absolute atomic E-state index is 11.5. The van der Waals surface area contributed by atoms with Crippen LogP contribution < -0.4 is 10.8 Å². The number of hydrogen-bond acceptors (Lipinski definition) is 7. The van der Waals surface area contributed by atoms with Crippen LogP contribution in [0.15, 0.2) is 0 Å². The summed E-state index contributed by atoms with van der Waals surface area (Å²) in [5.74, 6) is -0.404. The van der Waals surface area contributed by atoms with Gasteiger partial charge in [0.25, 0.3) is 0 Å². The van der Waals surface area contributed by atoms with Crippen LogP contribution in [-0.4, -0.2) is 81.6 Å². The van der Waals surface area contributed by atoms with E-state index in [1.807, 2.05) is 5.48 Å². The SMILES string of the molecule is CC(=O)N(C)CCOCCOCCNC(=O)CONC(=O)OC(C)(C)C. The van der Waals surface area contributed by atoms with Gasteiger partial charge in [0.2, 0.25) is 11.8 Å². The summed E-state index contributed by atoms with van der Waals surface area (Å²) < 4.78 is 15.5. The molecule has 0 saturated carbocycles. The van der Waals surface area contributed by atoms with Crippen LogP contribution in [0.4, 0.5) is 4.79 Å². The van der Waals surface area contributed by atoms with Crippen molar-refractivity contribution in [1.82, 2.24) is 15.7 Å². The van der Waals surface area contributed by atoms with Crippen molar-refractivity contribution in [1.29, 1.82) is 0 Å². The first kappa shape index (κ1) is 24.1. The van der Waals surface area contributed by atoms with Gasteiger partial charge in [0.05, 0.1) is 26.4 Å². The number of carbonyl (C=O) groups excluding carboxylic acids is 3. The quantitative estimate of drug-likeness (QED) is 0.365. The van der Waals surface area contributed by atoms with Crippen LogP contribution in [0.2, 0.25) is 0 Å². The van der Waals surface area contributed by atoms with Gasteiger partial charge in [-0.05, 0) is 20.8 Å². The molecule has 0 aromatic carbocycles. The van der Waals surface area contributed by atoms with Crippen LogP contribution in [0.3, 0.4) is 0 Å². The van der Waals surface area contributed by atoms with Gasteiger partial charge >= 0.3 is 6.09 Å². The fourth-order valence-electron chi connectivity index (χ4n) is 1.45. The van der Waals surface area contributed by atoms with Crippen molar-refractivity contribution in [3.63, 3.8) is 0 Å². The van der Waals surface area contributed by atoms with E-state index in [1.165, 1.54) is 6.92 Å². The fourth-order valence-corrected chi connectivity index (χ4v) is 1.45. The van der Waals surface area contributed by atoms with Crippen molar-refractivity contribution >= 4 is 17.9 Å². The van der Waals surface area contributed by atoms with E-state index in [1.54, 1.807) is 32.7 Å². The summed E-state index contributed by atoms with van der Waals surface area (Å²) in [6.07, 6.45) is -0.761. The normalized spacial score (nSPS) is 11.0. The van der Waals surface area contributed by atoms with E-state index in [-0.39, 0.29) is 12.5 Å². The second-order valence-electron chi connectivity index (χ2n) is 6.41. The first-order valence-electron chi connectivity index (χ1n) is 8.36. The van der Waals surface area contributed by atoms with Crippen molar-refractivity contribution < 1.29 is 33.4 Å². The van der Waals surface area contributed by atoms with Gasteiger partial charge in [-0.15, -0.1) is 0 Å². The molecular formula is C16H31N3O7. The number of rotatable bonds is 12. The lowest BCUT2D eigenvalue weighted by molar-refractivity contribution is -0.129. The Morgan fingerprint density at radius 3 is 2.19 bits per heavy atom. The summed E-state index contributed by atoms with van der Waals surface area (Å²) in [5.41, 5.74) is 1.38. The zero-order valence-electron chi connectivity index (χ0n) is 16.3. The summed E-state index contributed by atoms with van der Waals surface area (Å²) in [6.45, 7) is 8.71. The highest BCUT2D eigenvalue weighted by atomic mass is 16.7. The molecule has 0 unspecified atom stereocenters. The summed E-state index contributed by atoms with van der Waals surface area (Å²) in [6, 6.07) is 0. The highest BCUT2D eigenvalue weighted by Crippen LogP contribution is 2.06. The number of hydrogen-bond donors (Lipinski definition) is 2. The van der Waals surface area contributed by atoms with Gasteiger partial charge in [0.15, 0.2) is 6.61 Å². The molecule has 0 rings (SSSR count). The topological polar surface area (TPSA) is 115 Å². The molecule has 0 aliphatic heterocycles. The maximum atomic E-state index is 11.5. The van der Waals surface area contributed by atoms with Crippen LogP contribution in [0.1, 0.15) is 27.7 Å². The lowest BCUT2D eigenvalue weighted by Gasteiger charge is -2.19. The Bertz CT molecular complexity index is 438. The van der Waals surface area contributed by atoms with Crippen LogP contribution in [0.5, 0.6) is 0 Å². The van der Waals surface area contributed by atoms with Crippen LogP contribution in [0, 0.1) is 0 Å². The Morgan fingerprint density at radius 2 is 1.62 bits per heavy atom. The number of nitrogens with zero attached hydrogens (tertiary/aromatic N) is 1. The highest BCUT2D eigenvalue weighted by molar-refractivity contribution is 5.77.